The second-order valence-corrected chi connectivity index (χ2v) is 4.40. The molecular weight excluding hydrogens is 252 g/mol. The molecule has 0 saturated carbocycles. The standard InChI is InChI=1S/C11H14N4O4/c12-10(17)9-5-7(15(18)19)6-13-11(9)14-3-1-8(16)2-4-14/h5-6,8,16H,1-4H2,(H2,12,17). The molecule has 1 aromatic rings. The highest BCUT2D eigenvalue weighted by Gasteiger charge is 2.24. The second-order valence-electron chi connectivity index (χ2n) is 4.40. The zero-order valence-electron chi connectivity index (χ0n) is 10.2. The van der Waals surface area contributed by atoms with Gasteiger partial charge >= 0.3 is 0 Å². The highest BCUT2D eigenvalue weighted by molar-refractivity contribution is 5.98. The molecule has 8 nitrogen and oxygen atoms in total. The van der Waals surface area contributed by atoms with Crippen molar-refractivity contribution in [1.82, 2.24) is 4.98 Å². The number of anilines is 1. The summed E-state index contributed by atoms with van der Waals surface area (Å²) in [4.78, 5) is 27.2. The van der Waals surface area contributed by atoms with E-state index in [4.69, 9.17) is 5.73 Å². The number of nitro groups is 1. The molecule has 102 valence electrons. The van der Waals surface area contributed by atoms with Crippen LogP contribution in [0.1, 0.15) is 23.2 Å². The first-order valence-corrected chi connectivity index (χ1v) is 5.86. The molecule has 1 fully saturated rings. The quantitative estimate of drug-likeness (QED) is 0.588. The Hall–Kier alpha value is -2.22. The lowest BCUT2D eigenvalue weighted by Crippen LogP contribution is -2.37. The van der Waals surface area contributed by atoms with Gasteiger partial charge in [-0.25, -0.2) is 4.98 Å². The summed E-state index contributed by atoms with van der Waals surface area (Å²) in [5.41, 5.74) is 5.00. The number of amides is 1. The molecule has 1 amide bonds. The Labute approximate surface area is 109 Å². The second kappa shape index (κ2) is 5.19. The van der Waals surface area contributed by atoms with Crippen LogP contribution in [-0.4, -0.2) is 40.1 Å². The van der Waals surface area contributed by atoms with E-state index in [2.05, 4.69) is 4.98 Å². The van der Waals surface area contributed by atoms with Crippen LogP contribution in [0.2, 0.25) is 0 Å². The van der Waals surface area contributed by atoms with Crippen LogP contribution in [0.25, 0.3) is 0 Å². The Morgan fingerprint density at radius 1 is 1.53 bits per heavy atom. The monoisotopic (exact) mass is 266 g/mol. The molecule has 0 radical (unpaired) electrons. The molecule has 0 bridgehead atoms. The highest BCUT2D eigenvalue weighted by atomic mass is 16.6. The van der Waals surface area contributed by atoms with Gasteiger partial charge in [0.05, 0.1) is 16.6 Å². The molecular formula is C11H14N4O4. The molecule has 8 heteroatoms. The molecule has 0 aromatic carbocycles. The van der Waals surface area contributed by atoms with Crippen molar-refractivity contribution in [1.29, 1.82) is 0 Å². The smallest absolute Gasteiger partial charge is 0.288 e. The van der Waals surface area contributed by atoms with Gasteiger partial charge in [-0.2, -0.15) is 0 Å². The van der Waals surface area contributed by atoms with Gasteiger partial charge in [0.25, 0.3) is 11.6 Å². The maximum absolute atomic E-state index is 11.4. The van der Waals surface area contributed by atoms with Crippen LogP contribution in [0.4, 0.5) is 11.5 Å². The molecule has 0 aliphatic carbocycles. The molecule has 0 unspecified atom stereocenters. The van der Waals surface area contributed by atoms with Crippen molar-refractivity contribution in [2.45, 2.75) is 18.9 Å². The van der Waals surface area contributed by atoms with Crippen molar-refractivity contribution in [3.8, 4) is 0 Å². The Morgan fingerprint density at radius 3 is 2.68 bits per heavy atom. The number of rotatable bonds is 3. The lowest BCUT2D eigenvalue weighted by atomic mass is 10.1. The number of hydrogen-bond acceptors (Lipinski definition) is 6. The maximum atomic E-state index is 11.4. The van der Waals surface area contributed by atoms with E-state index in [1.807, 2.05) is 0 Å². The van der Waals surface area contributed by atoms with Crippen LogP contribution in [0.5, 0.6) is 0 Å². The molecule has 1 aliphatic rings. The van der Waals surface area contributed by atoms with Gasteiger partial charge in [0, 0.05) is 19.2 Å². The number of aliphatic hydroxyl groups is 1. The van der Waals surface area contributed by atoms with Gasteiger partial charge in [0.15, 0.2) is 0 Å². The fraction of sp³-hybridized carbons (Fsp3) is 0.455. The molecule has 3 N–H and O–H groups in total. The van der Waals surface area contributed by atoms with E-state index in [1.165, 1.54) is 0 Å². The van der Waals surface area contributed by atoms with Gasteiger partial charge in [-0.15, -0.1) is 0 Å². The fourth-order valence-electron chi connectivity index (χ4n) is 2.06. The maximum Gasteiger partial charge on any atom is 0.288 e. The molecule has 1 aliphatic heterocycles. The average Bonchev–Trinajstić information content (AvgIpc) is 2.38. The first-order chi connectivity index (χ1) is 8.99. The number of hydrogen-bond donors (Lipinski definition) is 2. The zero-order valence-corrected chi connectivity index (χ0v) is 10.2. The number of nitrogens with two attached hydrogens (primary N) is 1. The Kier molecular flexibility index (Phi) is 3.61. The Bertz CT molecular complexity index is 511. The summed E-state index contributed by atoms with van der Waals surface area (Å²) in [5.74, 6) is -0.415. The predicted octanol–water partition coefficient (Wildman–Crippen LogP) is 0.0498. The van der Waals surface area contributed by atoms with E-state index in [1.54, 1.807) is 4.90 Å². The van der Waals surface area contributed by atoms with E-state index in [-0.39, 0.29) is 17.4 Å². The Morgan fingerprint density at radius 2 is 2.16 bits per heavy atom. The fourth-order valence-corrected chi connectivity index (χ4v) is 2.06. The van der Waals surface area contributed by atoms with Crippen molar-refractivity contribution in [3.63, 3.8) is 0 Å². The lowest BCUT2D eigenvalue weighted by Gasteiger charge is -2.31. The molecule has 1 saturated heterocycles. The third-order valence-electron chi connectivity index (χ3n) is 3.09. The molecule has 19 heavy (non-hydrogen) atoms. The summed E-state index contributed by atoms with van der Waals surface area (Å²) >= 11 is 0. The summed E-state index contributed by atoms with van der Waals surface area (Å²) < 4.78 is 0. The largest absolute Gasteiger partial charge is 0.393 e. The SMILES string of the molecule is NC(=O)c1cc([N+](=O)[O-])cnc1N1CCC(O)CC1. The van der Waals surface area contributed by atoms with E-state index in [0.717, 1.165) is 12.3 Å². The van der Waals surface area contributed by atoms with Crippen molar-refractivity contribution < 1.29 is 14.8 Å². The normalized spacial score (nSPS) is 16.4. The molecule has 0 atom stereocenters. The van der Waals surface area contributed by atoms with E-state index < -0.39 is 10.8 Å². The van der Waals surface area contributed by atoms with Gasteiger partial charge in [-0.05, 0) is 12.8 Å². The zero-order chi connectivity index (χ0) is 14.0. The topological polar surface area (TPSA) is 123 Å². The molecule has 1 aromatic heterocycles. The summed E-state index contributed by atoms with van der Waals surface area (Å²) in [5, 5.41) is 20.1. The van der Waals surface area contributed by atoms with Crippen molar-refractivity contribution in [2.24, 2.45) is 5.73 Å². The van der Waals surface area contributed by atoms with E-state index in [9.17, 15) is 20.0 Å². The summed E-state index contributed by atoms with van der Waals surface area (Å²) in [7, 11) is 0. The van der Waals surface area contributed by atoms with Crippen LogP contribution >= 0.6 is 0 Å². The first-order valence-electron chi connectivity index (χ1n) is 5.86. The highest BCUT2D eigenvalue weighted by Crippen LogP contribution is 2.25. The summed E-state index contributed by atoms with van der Waals surface area (Å²) in [6.45, 7) is 1.07. The van der Waals surface area contributed by atoms with Crippen molar-refractivity contribution in [2.75, 3.05) is 18.0 Å². The molecule has 2 rings (SSSR count). The average molecular weight is 266 g/mol. The number of piperidine rings is 1. The van der Waals surface area contributed by atoms with Crippen LogP contribution in [0.15, 0.2) is 12.3 Å². The lowest BCUT2D eigenvalue weighted by molar-refractivity contribution is -0.385. The van der Waals surface area contributed by atoms with E-state index >= 15 is 0 Å². The van der Waals surface area contributed by atoms with Crippen LogP contribution in [0.3, 0.4) is 0 Å². The van der Waals surface area contributed by atoms with Crippen molar-refractivity contribution >= 4 is 17.4 Å². The summed E-state index contributed by atoms with van der Waals surface area (Å²) in [6.07, 6.45) is 1.88. The number of aliphatic hydroxyl groups excluding tert-OH is 1. The summed E-state index contributed by atoms with van der Waals surface area (Å²) in [6, 6.07) is 1.13. The minimum atomic E-state index is -0.752. The first kappa shape index (κ1) is 13.2. The minimum absolute atomic E-state index is 0.0330. The number of pyridine rings is 1. The minimum Gasteiger partial charge on any atom is -0.393 e. The van der Waals surface area contributed by atoms with Crippen LogP contribution in [-0.2, 0) is 0 Å². The van der Waals surface area contributed by atoms with Gasteiger partial charge in [0.2, 0.25) is 0 Å². The van der Waals surface area contributed by atoms with Crippen LogP contribution < -0.4 is 10.6 Å². The van der Waals surface area contributed by atoms with Crippen molar-refractivity contribution in [3.05, 3.63) is 27.9 Å². The third-order valence-corrected chi connectivity index (χ3v) is 3.09. The number of carbonyl (C=O) groups excluding carboxylic acids is 1. The number of nitrogens with zero attached hydrogens (tertiary/aromatic N) is 3. The van der Waals surface area contributed by atoms with Gasteiger partial charge in [0.1, 0.15) is 12.0 Å². The molecule has 2 heterocycles. The van der Waals surface area contributed by atoms with Gasteiger partial charge in [-0.3, -0.25) is 14.9 Å². The van der Waals surface area contributed by atoms with Crippen LogP contribution in [0, 0.1) is 10.1 Å². The Balaban J connectivity index is 2.34. The predicted molar refractivity (Wildman–Crippen MR) is 66.9 cm³/mol. The van der Waals surface area contributed by atoms with Gasteiger partial charge in [-0.1, -0.05) is 0 Å². The molecule has 0 spiro atoms. The number of aromatic nitrogens is 1. The van der Waals surface area contributed by atoms with E-state index in [0.29, 0.717) is 31.7 Å². The number of primary amides is 1. The van der Waals surface area contributed by atoms with Gasteiger partial charge < -0.3 is 15.7 Å². The third kappa shape index (κ3) is 2.79. The number of carbonyl (C=O) groups is 1.